The summed E-state index contributed by atoms with van der Waals surface area (Å²) in [6, 6.07) is 1.22. The van der Waals surface area contributed by atoms with Gasteiger partial charge in [-0.3, -0.25) is 9.78 Å². The Bertz CT molecular complexity index is 447. The number of hydrogen-bond acceptors (Lipinski definition) is 3. The monoisotopic (exact) mass is 309 g/mol. The van der Waals surface area contributed by atoms with E-state index >= 15 is 0 Å². The predicted molar refractivity (Wildman–Crippen MR) is 76.4 cm³/mol. The maximum atomic E-state index is 13.0. The molecule has 19 heavy (non-hydrogen) atoms. The van der Waals surface area contributed by atoms with E-state index in [0.717, 1.165) is 12.6 Å². The highest BCUT2D eigenvalue weighted by Crippen LogP contribution is 2.29. The van der Waals surface area contributed by atoms with Crippen LogP contribution in [0.4, 0.5) is 4.39 Å². The Morgan fingerprint density at radius 1 is 1.53 bits per heavy atom. The van der Waals surface area contributed by atoms with Gasteiger partial charge in [0.1, 0.15) is 5.82 Å². The maximum absolute atomic E-state index is 13.0. The second kappa shape index (κ2) is 7.03. The van der Waals surface area contributed by atoms with Gasteiger partial charge in [-0.25, -0.2) is 4.39 Å². The van der Waals surface area contributed by atoms with E-state index in [4.69, 9.17) is 5.73 Å². The Labute approximate surface area is 124 Å². The number of aromatic nitrogens is 1. The lowest BCUT2D eigenvalue weighted by Crippen LogP contribution is -2.34. The van der Waals surface area contributed by atoms with Crippen molar-refractivity contribution in [3.8, 4) is 0 Å². The summed E-state index contributed by atoms with van der Waals surface area (Å²) < 4.78 is 13.0. The summed E-state index contributed by atoms with van der Waals surface area (Å²) >= 11 is 0. The van der Waals surface area contributed by atoms with Gasteiger partial charge in [-0.05, 0) is 24.4 Å². The number of hydrogen-bond donors (Lipinski definition) is 1. The average molecular weight is 310 g/mol. The molecule has 2 rings (SSSR count). The molecule has 1 aromatic heterocycles. The molecule has 0 bridgehead atoms. The number of amides is 1. The zero-order valence-electron chi connectivity index (χ0n) is 10.6. The zero-order chi connectivity index (χ0) is 12.5. The van der Waals surface area contributed by atoms with Gasteiger partial charge in [0.05, 0.1) is 11.8 Å². The molecule has 1 unspecified atom stereocenters. The van der Waals surface area contributed by atoms with Crippen LogP contribution < -0.4 is 5.73 Å². The number of carbonyl (C=O) groups is 1. The van der Waals surface area contributed by atoms with Gasteiger partial charge in [-0.1, -0.05) is 6.92 Å². The molecular formula is C12H18Cl2FN3O. The molecule has 1 atom stereocenters. The molecule has 0 saturated carbocycles. The Morgan fingerprint density at radius 3 is 2.74 bits per heavy atom. The van der Waals surface area contributed by atoms with Crippen molar-refractivity contribution in [3.63, 3.8) is 0 Å². The van der Waals surface area contributed by atoms with Crippen LogP contribution in [0.25, 0.3) is 0 Å². The summed E-state index contributed by atoms with van der Waals surface area (Å²) in [5, 5.41) is 0. The first-order chi connectivity index (χ1) is 8.04. The maximum Gasteiger partial charge on any atom is 0.255 e. The lowest BCUT2D eigenvalue weighted by Gasteiger charge is -2.22. The van der Waals surface area contributed by atoms with E-state index in [-0.39, 0.29) is 36.1 Å². The van der Waals surface area contributed by atoms with E-state index in [1.165, 1.54) is 12.3 Å². The van der Waals surface area contributed by atoms with Crippen LogP contribution in [-0.2, 0) is 0 Å². The number of nitrogens with zero attached hydrogens (tertiary/aromatic N) is 2. The number of carbonyl (C=O) groups excluding carboxylic acids is 1. The molecule has 0 spiro atoms. The number of nitrogens with two attached hydrogens (primary N) is 1. The topological polar surface area (TPSA) is 59.2 Å². The van der Waals surface area contributed by atoms with Crippen LogP contribution >= 0.6 is 24.8 Å². The molecule has 4 nitrogen and oxygen atoms in total. The van der Waals surface area contributed by atoms with Crippen molar-refractivity contribution in [2.45, 2.75) is 13.3 Å². The van der Waals surface area contributed by atoms with Crippen LogP contribution in [0.5, 0.6) is 0 Å². The van der Waals surface area contributed by atoms with Crippen LogP contribution in [0, 0.1) is 11.2 Å². The van der Waals surface area contributed by atoms with Gasteiger partial charge in [0.25, 0.3) is 5.91 Å². The standard InChI is InChI=1S/C12H16FN3O.2ClH/c1-12(7-14)2-3-16(8-12)11(17)9-4-10(13)6-15-5-9;;/h4-6H,2-3,7-8,14H2,1H3;2*1H. The largest absolute Gasteiger partial charge is 0.338 e. The second-order valence-corrected chi connectivity index (χ2v) is 4.88. The van der Waals surface area contributed by atoms with Crippen LogP contribution in [0.1, 0.15) is 23.7 Å². The van der Waals surface area contributed by atoms with E-state index in [0.29, 0.717) is 25.2 Å². The first kappa shape index (κ1) is 18.1. The molecule has 1 amide bonds. The lowest BCUT2D eigenvalue weighted by atomic mass is 9.90. The highest BCUT2D eigenvalue weighted by molar-refractivity contribution is 5.94. The number of pyridine rings is 1. The van der Waals surface area contributed by atoms with E-state index < -0.39 is 5.82 Å². The van der Waals surface area contributed by atoms with Gasteiger partial charge >= 0.3 is 0 Å². The Kier molecular flexibility index (Phi) is 6.69. The van der Waals surface area contributed by atoms with Gasteiger partial charge in [0, 0.05) is 19.3 Å². The molecule has 2 N–H and O–H groups in total. The summed E-state index contributed by atoms with van der Waals surface area (Å²) in [6.45, 7) is 3.91. The lowest BCUT2D eigenvalue weighted by molar-refractivity contribution is 0.0776. The highest BCUT2D eigenvalue weighted by Gasteiger charge is 2.35. The van der Waals surface area contributed by atoms with Gasteiger partial charge in [0.15, 0.2) is 0 Å². The second-order valence-electron chi connectivity index (χ2n) is 4.88. The van der Waals surface area contributed by atoms with Gasteiger partial charge < -0.3 is 10.6 Å². The number of likely N-dealkylation sites (tertiary alicyclic amines) is 1. The van der Waals surface area contributed by atoms with E-state index in [1.54, 1.807) is 4.90 Å². The minimum absolute atomic E-state index is 0. The molecule has 1 saturated heterocycles. The fraction of sp³-hybridized carbons (Fsp3) is 0.500. The molecule has 1 aromatic rings. The van der Waals surface area contributed by atoms with E-state index in [9.17, 15) is 9.18 Å². The SMILES string of the molecule is CC1(CN)CCN(C(=O)c2cncc(F)c2)C1.Cl.Cl. The van der Waals surface area contributed by atoms with Crippen molar-refractivity contribution in [3.05, 3.63) is 29.8 Å². The smallest absolute Gasteiger partial charge is 0.255 e. The molecule has 1 aliphatic heterocycles. The molecule has 0 radical (unpaired) electrons. The molecule has 1 fully saturated rings. The third kappa shape index (κ3) is 4.03. The molecular weight excluding hydrogens is 292 g/mol. The number of rotatable bonds is 2. The van der Waals surface area contributed by atoms with Crippen molar-refractivity contribution >= 4 is 30.7 Å². The third-order valence-corrected chi connectivity index (χ3v) is 3.29. The Balaban J connectivity index is 0.00000162. The van der Waals surface area contributed by atoms with E-state index in [1.807, 2.05) is 0 Å². The molecule has 0 aliphatic carbocycles. The molecule has 2 heterocycles. The Hall–Kier alpha value is -0.910. The van der Waals surface area contributed by atoms with Gasteiger partial charge in [-0.2, -0.15) is 0 Å². The molecule has 7 heteroatoms. The van der Waals surface area contributed by atoms with Crippen molar-refractivity contribution in [1.82, 2.24) is 9.88 Å². The fourth-order valence-corrected chi connectivity index (χ4v) is 2.08. The van der Waals surface area contributed by atoms with Crippen LogP contribution in [-0.4, -0.2) is 35.4 Å². The van der Waals surface area contributed by atoms with Gasteiger partial charge in [-0.15, -0.1) is 24.8 Å². The molecule has 108 valence electrons. The highest BCUT2D eigenvalue weighted by atomic mass is 35.5. The van der Waals surface area contributed by atoms with E-state index in [2.05, 4.69) is 11.9 Å². The fourth-order valence-electron chi connectivity index (χ4n) is 2.08. The average Bonchev–Trinajstić information content (AvgIpc) is 2.72. The number of halogens is 3. The summed E-state index contributed by atoms with van der Waals surface area (Å²) in [5.74, 6) is -0.661. The van der Waals surface area contributed by atoms with Crippen molar-refractivity contribution < 1.29 is 9.18 Å². The minimum atomic E-state index is -0.489. The summed E-state index contributed by atoms with van der Waals surface area (Å²) in [5.41, 5.74) is 5.96. The summed E-state index contributed by atoms with van der Waals surface area (Å²) in [7, 11) is 0. The first-order valence-corrected chi connectivity index (χ1v) is 5.64. The van der Waals surface area contributed by atoms with Crippen molar-refractivity contribution in [2.75, 3.05) is 19.6 Å². The summed E-state index contributed by atoms with van der Waals surface area (Å²) in [6.07, 6.45) is 3.37. The van der Waals surface area contributed by atoms with Crippen LogP contribution in [0.2, 0.25) is 0 Å². The minimum Gasteiger partial charge on any atom is -0.338 e. The van der Waals surface area contributed by atoms with Crippen molar-refractivity contribution in [2.24, 2.45) is 11.1 Å². The van der Waals surface area contributed by atoms with Crippen LogP contribution in [0.15, 0.2) is 18.5 Å². The zero-order valence-corrected chi connectivity index (χ0v) is 12.3. The third-order valence-electron chi connectivity index (χ3n) is 3.29. The molecule has 1 aliphatic rings. The van der Waals surface area contributed by atoms with Crippen LogP contribution in [0.3, 0.4) is 0 Å². The predicted octanol–water partition coefficient (Wildman–Crippen LogP) is 1.88. The van der Waals surface area contributed by atoms with Crippen molar-refractivity contribution in [1.29, 1.82) is 0 Å². The van der Waals surface area contributed by atoms with Gasteiger partial charge in [0.2, 0.25) is 0 Å². The first-order valence-electron chi connectivity index (χ1n) is 5.64. The normalized spacial score (nSPS) is 21.5. The summed E-state index contributed by atoms with van der Waals surface area (Å²) in [4.78, 5) is 17.5. The Morgan fingerprint density at radius 2 is 2.21 bits per heavy atom. The quantitative estimate of drug-likeness (QED) is 0.907. The molecule has 0 aromatic carbocycles.